The van der Waals surface area contributed by atoms with Crippen LogP contribution in [0.3, 0.4) is 0 Å². The number of nitrogens with one attached hydrogen (secondary N) is 1. The van der Waals surface area contributed by atoms with Crippen LogP contribution in [-0.2, 0) is 37.5 Å². The number of carboxylic acid groups (broad SMARTS) is 1. The molecule has 0 saturated heterocycles. The fourth-order valence-electron chi connectivity index (χ4n) is 6.63. The Morgan fingerprint density at radius 1 is 0.552 bits per heavy atom. The molecule has 1 atom stereocenters. The van der Waals surface area contributed by atoms with Gasteiger partial charge >= 0.3 is 5.97 Å². The third-order valence-electron chi connectivity index (χ3n) is 9.74. The van der Waals surface area contributed by atoms with Gasteiger partial charge in [0.25, 0.3) is 5.91 Å². The molecule has 7 aromatic carbocycles. The number of amides is 1. The number of carbonyl (C=O) groups is 2. The van der Waals surface area contributed by atoms with Crippen LogP contribution in [0.15, 0.2) is 182 Å². The molecule has 0 radical (unpaired) electrons. The second-order valence-electron chi connectivity index (χ2n) is 14.0. The van der Waals surface area contributed by atoms with Gasteiger partial charge in [-0.3, -0.25) is 4.79 Å². The molecule has 7 nitrogen and oxygen atoms in total. The number of aliphatic carboxylic acids is 1. The fourth-order valence-corrected chi connectivity index (χ4v) is 6.80. The van der Waals surface area contributed by atoms with E-state index in [9.17, 15) is 14.7 Å². The molecule has 7 rings (SSSR count). The molecule has 0 aliphatic heterocycles. The molecule has 1 amide bonds. The first kappa shape index (κ1) is 39.4. The molecule has 7 aromatic rings. The minimum atomic E-state index is -1.18. The average Bonchev–Trinajstić information content (AvgIpc) is 3.26. The molecule has 0 saturated carbocycles. The van der Waals surface area contributed by atoms with Crippen LogP contribution in [0.1, 0.15) is 38.2 Å². The smallest absolute Gasteiger partial charge is 0.326 e. The van der Waals surface area contributed by atoms with Crippen molar-refractivity contribution < 1.29 is 24.2 Å². The lowest BCUT2D eigenvalue weighted by atomic mass is 10.0. The first-order valence-corrected chi connectivity index (χ1v) is 19.5. The topological polar surface area (TPSA) is 88.1 Å². The summed E-state index contributed by atoms with van der Waals surface area (Å²) in [5.74, 6) is -0.187. The molecule has 58 heavy (non-hydrogen) atoms. The SMILES string of the molecule is O=C(N[C@@H](Cc1ccc(-c2ccccc2)cc1)C(=O)O)c1cc(Cl)ccc1N(Cc1ccc(OCc2ccccc2)cc1)Cc1ccc(OCc2ccccc2)cc1. The van der Waals surface area contributed by atoms with E-state index in [1.54, 1.807) is 12.1 Å². The minimum Gasteiger partial charge on any atom is -0.489 e. The predicted octanol–water partition coefficient (Wildman–Crippen LogP) is 10.8. The van der Waals surface area contributed by atoms with Crippen molar-refractivity contribution in [2.75, 3.05) is 4.90 Å². The first-order chi connectivity index (χ1) is 28.4. The lowest BCUT2D eigenvalue weighted by Crippen LogP contribution is -2.42. The summed E-state index contributed by atoms with van der Waals surface area (Å²) >= 11 is 6.52. The molecule has 0 bridgehead atoms. The van der Waals surface area contributed by atoms with Gasteiger partial charge in [0.2, 0.25) is 0 Å². The van der Waals surface area contributed by atoms with Crippen molar-refractivity contribution in [3.05, 3.63) is 220 Å². The number of hydrogen-bond acceptors (Lipinski definition) is 5. The number of benzene rings is 7. The Hall–Kier alpha value is -6.83. The lowest BCUT2D eigenvalue weighted by molar-refractivity contribution is -0.139. The molecule has 8 heteroatoms. The zero-order valence-corrected chi connectivity index (χ0v) is 32.6. The predicted molar refractivity (Wildman–Crippen MR) is 230 cm³/mol. The van der Waals surface area contributed by atoms with Crippen LogP contribution in [-0.4, -0.2) is 23.0 Å². The van der Waals surface area contributed by atoms with Gasteiger partial charge in [0.1, 0.15) is 30.8 Å². The van der Waals surface area contributed by atoms with Gasteiger partial charge in [-0.1, -0.05) is 151 Å². The van der Waals surface area contributed by atoms with E-state index in [4.69, 9.17) is 21.1 Å². The monoisotopic (exact) mass is 786 g/mol. The quantitative estimate of drug-likeness (QED) is 0.0956. The van der Waals surface area contributed by atoms with E-state index >= 15 is 0 Å². The molecule has 290 valence electrons. The van der Waals surface area contributed by atoms with Crippen LogP contribution >= 0.6 is 11.6 Å². The molecule has 0 aliphatic rings. The van der Waals surface area contributed by atoms with E-state index in [1.165, 1.54) is 0 Å². The van der Waals surface area contributed by atoms with E-state index in [1.807, 2.05) is 170 Å². The maximum absolute atomic E-state index is 14.1. The number of anilines is 1. The number of ether oxygens (including phenoxy) is 2. The Kier molecular flexibility index (Phi) is 13.1. The third-order valence-corrected chi connectivity index (χ3v) is 9.97. The second kappa shape index (κ2) is 19.4. The Labute approximate surface area is 344 Å². The molecule has 0 fully saturated rings. The van der Waals surface area contributed by atoms with Gasteiger partial charge in [-0.25, -0.2) is 4.79 Å². The van der Waals surface area contributed by atoms with Crippen molar-refractivity contribution in [3.8, 4) is 22.6 Å². The summed E-state index contributed by atoms with van der Waals surface area (Å²) in [5, 5.41) is 13.4. The van der Waals surface area contributed by atoms with E-state index in [0.29, 0.717) is 37.0 Å². The molecule has 0 aliphatic carbocycles. The van der Waals surface area contributed by atoms with E-state index in [0.717, 1.165) is 50.4 Å². The Morgan fingerprint density at radius 2 is 1.02 bits per heavy atom. The summed E-state index contributed by atoms with van der Waals surface area (Å²) < 4.78 is 12.1. The van der Waals surface area contributed by atoms with Crippen LogP contribution in [0.2, 0.25) is 5.02 Å². The maximum atomic E-state index is 14.1. The van der Waals surface area contributed by atoms with Crippen molar-refractivity contribution in [3.63, 3.8) is 0 Å². The number of carboxylic acids is 1. The maximum Gasteiger partial charge on any atom is 0.326 e. The van der Waals surface area contributed by atoms with E-state index < -0.39 is 17.9 Å². The summed E-state index contributed by atoms with van der Waals surface area (Å²) in [4.78, 5) is 28.8. The molecule has 0 aromatic heterocycles. The zero-order valence-electron chi connectivity index (χ0n) is 31.8. The highest BCUT2D eigenvalue weighted by Gasteiger charge is 2.25. The summed E-state index contributed by atoms with van der Waals surface area (Å²) in [6.45, 7) is 1.78. The number of hydrogen-bond donors (Lipinski definition) is 2. The highest BCUT2D eigenvalue weighted by Crippen LogP contribution is 2.29. The Bertz CT molecular complexity index is 2300. The highest BCUT2D eigenvalue weighted by molar-refractivity contribution is 6.31. The summed E-state index contributed by atoms with van der Waals surface area (Å²) in [7, 11) is 0. The average molecular weight is 787 g/mol. The normalized spacial score (nSPS) is 11.3. The summed E-state index contributed by atoms with van der Waals surface area (Å²) in [6.07, 6.45) is 0.104. The van der Waals surface area contributed by atoms with Crippen molar-refractivity contribution in [1.29, 1.82) is 0 Å². The van der Waals surface area contributed by atoms with Gasteiger partial charge in [-0.15, -0.1) is 0 Å². The van der Waals surface area contributed by atoms with Crippen molar-refractivity contribution in [2.24, 2.45) is 0 Å². The lowest BCUT2D eigenvalue weighted by Gasteiger charge is -2.28. The van der Waals surface area contributed by atoms with Crippen molar-refractivity contribution in [1.82, 2.24) is 5.32 Å². The number of nitrogens with zero attached hydrogens (tertiary/aromatic N) is 1. The fraction of sp³-hybridized carbons (Fsp3) is 0.120. The standard InChI is InChI=1S/C50H43ClN2O5/c51-43-24-29-48(46(31-43)49(54)52-47(50(55)56)30-36-16-22-42(23-17-36)41-14-8-3-9-15-41)53(32-37-18-25-44(26-19-37)57-34-39-10-4-1-5-11-39)33-38-20-27-45(28-21-38)58-35-40-12-6-2-7-13-40/h1-29,31,47H,30,32-35H2,(H,52,54)(H,55,56)/t47-/m0/s1. The highest BCUT2D eigenvalue weighted by atomic mass is 35.5. The van der Waals surface area contributed by atoms with Crippen LogP contribution in [0.4, 0.5) is 5.69 Å². The molecule has 0 heterocycles. The number of carbonyl (C=O) groups excluding carboxylic acids is 1. The van der Waals surface area contributed by atoms with Gasteiger partial charge < -0.3 is 24.8 Å². The largest absolute Gasteiger partial charge is 0.489 e. The third kappa shape index (κ3) is 10.9. The number of halogens is 1. The second-order valence-corrected chi connectivity index (χ2v) is 14.4. The summed E-state index contributed by atoms with van der Waals surface area (Å²) in [6, 6.07) is 57.4. The van der Waals surface area contributed by atoms with Crippen LogP contribution in [0, 0.1) is 0 Å². The summed E-state index contributed by atoms with van der Waals surface area (Å²) in [5.41, 5.74) is 7.87. The van der Waals surface area contributed by atoms with E-state index in [-0.39, 0.29) is 12.0 Å². The first-order valence-electron chi connectivity index (χ1n) is 19.1. The van der Waals surface area contributed by atoms with Crippen LogP contribution in [0.25, 0.3) is 11.1 Å². The molecule has 0 unspecified atom stereocenters. The zero-order chi connectivity index (χ0) is 40.1. The van der Waals surface area contributed by atoms with Gasteiger partial charge in [0.05, 0.1) is 11.3 Å². The molecular formula is C50H43ClN2O5. The van der Waals surface area contributed by atoms with Crippen LogP contribution in [0.5, 0.6) is 11.5 Å². The van der Waals surface area contributed by atoms with Gasteiger partial charge in [-0.05, 0) is 81.4 Å². The Morgan fingerprint density at radius 3 is 1.52 bits per heavy atom. The van der Waals surface area contributed by atoms with Crippen LogP contribution < -0.4 is 19.7 Å². The van der Waals surface area contributed by atoms with Gasteiger partial charge in [0.15, 0.2) is 0 Å². The van der Waals surface area contributed by atoms with E-state index in [2.05, 4.69) is 10.2 Å². The number of rotatable bonds is 17. The minimum absolute atomic E-state index is 0.104. The van der Waals surface area contributed by atoms with Crippen molar-refractivity contribution >= 4 is 29.2 Å². The van der Waals surface area contributed by atoms with Gasteiger partial charge in [-0.2, -0.15) is 0 Å². The molecule has 2 N–H and O–H groups in total. The van der Waals surface area contributed by atoms with Crippen molar-refractivity contribution in [2.45, 2.75) is 38.8 Å². The molecular weight excluding hydrogens is 744 g/mol. The molecule has 0 spiro atoms. The van der Waals surface area contributed by atoms with Gasteiger partial charge in [0, 0.05) is 24.5 Å². The Balaban J connectivity index is 1.11.